The lowest BCUT2D eigenvalue weighted by atomic mass is 10.0. The summed E-state index contributed by atoms with van der Waals surface area (Å²) in [6.07, 6.45) is 0.119. The van der Waals surface area contributed by atoms with Crippen molar-refractivity contribution in [3.8, 4) is 5.75 Å². The Labute approximate surface area is 233 Å². The quantitative estimate of drug-likeness (QED) is 0.243. The first-order valence-corrected chi connectivity index (χ1v) is 12.9. The van der Waals surface area contributed by atoms with Gasteiger partial charge in [0.15, 0.2) is 0 Å². The van der Waals surface area contributed by atoms with Crippen molar-refractivity contribution in [3.05, 3.63) is 135 Å². The number of amides is 2. The van der Waals surface area contributed by atoms with Crippen molar-refractivity contribution < 1.29 is 14.3 Å². The van der Waals surface area contributed by atoms with E-state index in [9.17, 15) is 9.59 Å². The molecule has 4 aromatic rings. The van der Waals surface area contributed by atoms with Gasteiger partial charge in [-0.1, -0.05) is 96.0 Å². The number of carbonyl (C=O) groups is 2. The Morgan fingerprint density at radius 3 is 2.11 bits per heavy atom. The summed E-state index contributed by atoms with van der Waals surface area (Å²) >= 11 is 12.4. The molecule has 1 N–H and O–H groups in total. The highest BCUT2D eigenvalue weighted by atomic mass is 35.5. The van der Waals surface area contributed by atoms with Crippen LogP contribution in [0.3, 0.4) is 0 Å². The average molecular weight is 547 g/mol. The fraction of sp³-hybridized carbons (Fsp3) is 0.161. The van der Waals surface area contributed by atoms with E-state index in [0.29, 0.717) is 21.4 Å². The molecule has 0 aliphatic heterocycles. The smallest absolute Gasteiger partial charge is 0.247 e. The summed E-state index contributed by atoms with van der Waals surface area (Å²) in [6, 6.07) is 30.4. The van der Waals surface area contributed by atoms with Crippen LogP contribution in [-0.4, -0.2) is 23.8 Å². The van der Waals surface area contributed by atoms with Crippen LogP contribution in [-0.2, 0) is 29.1 Å². The molecule has 38 heavy (non-hydrogen) atoms. The molecule has 194 valence electrons. The molecule has 4 aromatic carbocycles. The Bertz CT molecular complexity index is 1360. The fourth-order valence-corrected chi connectivity index (χ4v) is 4.49. The van der Waals surface area contributed by atoms with Crippen molar-refractivity contribution in [2.75, 3.05) is 7.11 Å². The number of hydrogen-bond donors (Lipinski definition) is 1. The van der Waals surface area contributed by atoms with Gasteiger partial charge in [0.2, 0.25) is 11.8 Å². The number of methoxy groups -OCH3 is 1. The van der Waals surface area contributed by atoms with Crippen LogP contribution in [0.1, 0.15) is 28.3 Å². The minimum atomic E-state index is -0.861. The molecule has 0 heterocycles. The van der Waals surface area contributed by atoms with Crippen LogP contribution in [0.5, 0.6) is 5.75 Å². The van der Waals surface area contributed by atoms with Crippen LogP contribution in [0.4, 0.5) is 0 Å². The number of ether oxygens (including phenoxy) is 1. The zero-order valence-corrected chi connectivity index (χ0v) is 22.5. The monoisotopic (exact) mass is 546 g/mol. The Morgan fingerprint density at radius 1 is 0.816 bits per heavy atom. The van der Waals surface area contributed by atoms with Crippen LogP contribution in [0.15, 0.2) is 103 Å². The summed E-state index contributed by atoms with van der Waals surface area (Å²) in [5.74, 6) is 0.226. The summed E-state index contributed by atoms with van der Waals surface area (Å²) in [6.45, 7) is 0.471. The maximum absolute atomic E-state index is 13.8. The summed E-state index contributed by atoms with van der Waals surface area (Å²) in [5.41, 5.74) is 3.18. The van der Waals surface area contributed by atoms with Gasteiger partial charge >= 0.3 is 0 Å². The second kappa shape index (κ2) is 13.1. The van der Waals surface area contributed by atoms with Gasteiger partial charge in [0.05, 0.1) is 13.5 Å². The van der Waals surface area contributed by atoms with Gasteiger partial charge in [-0.2, -0.15) is 0 Å². The van der Waals surface area contributed by atoms with Gasteiger partial charge in [-0.3, -0.25) is 9.59 Å². The van der Waals surface area contributed by atoms with E-state index < -0.39 is 6.04 Å². The largest absolute Gasteiger partial charge is 0.497 e. The minimum Gasteiger partial charge on any atom is -0.497 e. The highest BCUT2D eigenvalue weighted by Crippen LogP contribution is 2.26. The second-order valence-electron chi connectivity index (χ2n) is 8.80. The molecule has 0 unspecified atom stereocenters. The van der Waals surface area contributed by atoms with Crippen LogP contribution >= 0.6 is 23.2 Å². The molecule has 0 aliphatic carbocycles. The van der Waals surface area contributed by atoms with Crippen molar-refractivity contribution in [3.63, 3.8) is 0 Å². The molecule has 0 aliphatic rings. The van der Waals surface area contributed by atoms with Crippen molar-refractivity contribution in [2.24, 2.45) is 0 Å². The van der Waals surface area contributed by atoms with Crippen molar-refractivity contribution in [2.45, 2.75) is 25.6 Å². The SMILES string of the molecule is COc1ccc(CN(C(=O)Cc2ccc(Cl)cc2)[C@H](C(=O)NCc2ccccc2Cl)c2ccccc2)cc1. The van der Waals surface area contributed by atoms with Crippen LogP contribution in [0.2, 0.25) is 10.0 Å². The van der Waals surface area contributed by atoms with Gasteiger partial charge in [-0.25, -0.2) is 0 Å². The minimum absolute atomic E-state index is 0.119. The third-order valence-electron chi connectivity index (χ3n) is 6.19. The first-order valence-electron chi connectivity index (χ1n) is 12.2. The van der Waals surface area contributed by atoms with E-state index in [1.165, 1.54) is 0 Å². The number of halogens is 2. The standard InChI is InChI=1S/C31H28Cl2N2O3/c1-38-27-17-13-23(14-18-27)21-35(29(36)19-22-11-15-26(32)16-12-22)30(24-7-3-2-4-8-24)31(37)34-20-25-9-5-6-10-28(25)33/h2-18,30H,19-21H2,1H3,(H,34,37)/t30-/m0/s1. The molecule has 0 aromatic heterocycles. The van der Waals surface area contributed by atoms with Gasteiger partial charge in [0, 0.05) is 23.1 Å². The molecule has 0 saturated heterocycles. The average Bonchev–Trinajstić information content (AvgIpc) is 2.94. The van der Waals surface area contributed by atoms with Crippen LogP contribution in [0.25, 0.3) is 0 Å². The molecular weight excluding hydrogens is 519 g/mol. The zero-order chi connectivity index (χ0) is 26.9. The van der Waals surface area contributed by atoms with E-state index in [-0.39, 0.29) is 31.3 Å². The van der Waals surface area contributed by atoms with Gasteiger partial charge in [-0.15, -0.1) is 0 Å². The normalized spacial score (nSPS) is 11.4. The van der Waals surface area contributed by atoms with E-state index in [0.717, 1.165) is 16.7 Å². The number of rotatable bonds is 10. The molecule has 0 spiro atoms. The van der Waals surface area contributed by atoms with Crippen molar-refractivity contribution in [1.82, 2.24) is 10.2 Å². The van der Waals surface area contributed by atoms with E-state index in [1.54, 1.807) is 30.2 Å². The Morgan fingerprint density at radius 2 is 1.45 bits per heavy atom. The number of benzene rings is 4. The Balaban J connectivity index is 1.68. The Hall–Kier alpha value is -3.80. The first-order chi connectivity index (χ1) is 18.4. The molecule has 0 saturated carbocycles. The molecule has 1 atom stereocenters. The summed E-state index contributed by atoms with van der Waals surface area (Å²) in [5, 5.41) is 4.16. The lowest BCUT2D eigenvalue weighted by molar-refractivity contribution is -0.141. The van der Waals surface area contributed by atoms with E-state index >= 15 is 0 Å². The van der Waals surface area contributed by atoms with Crippen molar-refractivity contribution in [1.29, 1.82) is 0 Å². The lowest BCUT2D eigenvalue weighted by Gasteiger charge is -2.32. The second-order valence-corrected chi connectivity index (χ2v) is 9.64. The number of hydrogen-bond acceptors (Lipinski definition) is 3. The molecule has 2 amide bonds. The van der Waals surface area contributed by atoms with Crippen LogP contribution < -0.4 is 10.1 Å². The predicted octanol–water partition coefficient (Wildman–Crippen LogP) is 6.63. The van der Waals surface area contributed by atoms with Crippen LogP contribution in [0, 0.1) is 0 Å². The van der Waals surface area contributed by atoms with Gasteiger partial charge in [0.25, 0.3) is 0 Å². The summed E-state index contributed by atoms with van der Waals surface area (Å²) in [4.78, 5) is 29.2. The Kier molecular flexibility index (Phi) is 9.41. The lowest BCUT2D eigenvalue weighted by Crippen LogP contribution is -2.43. The van der Waals surface area contributed by atoms with Gasteiger partial charge in [0.1, 0.15) is 11.8 Å². The summed E-state index contributed by atoms with van der Waals surface area (Å²) < 4.78 is 5.28. The predicted molar refractivity (Wildman–Crippen MR) is 151 cm³/mol. The molecule has 0 bridgehead atoms. The first kappa shape index (κ1) is 27.2. The van der Waals surface area contributed by atoms with E-state index in [4.69, 9.17) is 27.9 Å². The highest BCUT2D eigenvalue weighted by Gasteiger charge is 2.31. The molecule has 0 fully saturated rings. The van der Waals surface area contributed by atoms with E-state index in [2.05, 4.69) is 5.32 Å². The van der Waals surface area contributed by atoms with Crippen molar-refractivity contribution >= 4 is 35.0 Å². The van der Waals surface area contributed by atoms with Gasteiger partial charge in [-0.05, 0) is 52.6 Å². The third kappa shape index (κ3) is 7.15. The maximum Gasteiger partial charge on any atom is 0.247 e. The topological polar surface area (TPSA) is 58.6 Å². The maximum atomic E-state index is 13.8. The van der Waals surface area contributed by atoms with E-state index in [1.807, 2.05) is 84.9 Å². The molecular formula is C31H28Cl2N2O3. The molecule has 0 radical (unpaired) electrons. The van der Waals surface area contributed by atoms with Gasteiger partial charge < -0.3 is 15.0 Å². The third-order valence-corrected chi connectivity index (χ3v) is 6.81. The number of nitrogens with one attached hydrogen (secondary N) is 1. The highest BCUT2D eigenvalue weighted by molar-refractivity contribution is 6.31. The number of nitrogens with zero attached hydrogens (tertiary/aromatic N) is 1. The molecule has 4 rings (SSSR count). The fourth-order valence-electron chi connectivity index (χ4n) is 4.16. The number of carbonyl (C=O) groups excluding carboxylic acids is 2. The molecule has 7 heteroatoms. The zero-order valence-electron chi connectivity index (χ0n) is 20.9. The summed E-state index contributed by atoms with van der Waals surface area (Å²) in [7, 11) is 1.60. The molecule has 5 nitrogen and oxygen atoms in total.